The summed E-state index contributed by atoms with van der Waals surface area (Å²) in [6.45, 7) is 5.51. The monoisotopic (exact) mass is 207 g/mol. The molecule has 0 saturated carbocycles. The summed E-state index contributed by atoms with van der Waals surface area (Å²) in [5.74, 6) is 0. The summed E-state index contributed by atoms with van der Waals surface area (Å²) in [7, 11) is 0. The van der Waals surface area contributed by atoms with E-state index in [9.17, 15) is 4.79 Å². The van der Waals surface area contributed by atoms with E-state index in [2.05, 4.69) is 10.2 Å². The van der Waals surface area contributed by atoms with Gasteiger partial charge in [-0.2, -0.15) is 5.10 Å². The van der Waals surface area contributed by atoms with Gasteiger partial charge < -0.3 is 4.74 Å². The van der Waals surface area contributed by atoms with Gasteiger partial charge >= 0.3 is 6.09 Å². The fourth-order valence-corrected chi connectivity index (χ4v) is 1.26. The second-order valence-electron chi connectivity index (χ2n) is 4.38. The number of carbonyl (C=O) groups is 1. The first-order chi connectivity index (χ1) is 6.96. The minimum atomic E-state index is -0.479. The summed E-state index contributed by atoms with van der Waals surface area (Å²) in [6.07, 6.45) is 4.63. The normalized spacial score (nSPS) is 11.9. The Morgan fingerprint density at radius 3 is 2.80 bits per heavy atom. The molecule has 0 bridgehead atoms. The first-order valence-corrected chi connectivity index (χ1v) is 4.70. The van der Waals surface area contributed by atoms with Gasteiger partial charge in [0.1, 0.15) is 5.60 Å². The van der Waals surface area contributed by atoms with Gasteiger partial charge in [-0.25, -0.2) is 4.79 Å². The second kappa shape index (κ2) is 3.12. The molecule has 2 heterocycles. The number of rotatable bonds is 0. The van der Waals surface area contributed by atoms with Crippen LogP contribution < -0.4 is 0 Å². The van der Waals surface area contributed by atoms with Crippen LogP contribution in [0, 0.1) is 0 Å². The molecular weight excluding hydrogens is 194 g/mol. The number of ether oxygens (including phenoxy) is 1. The lowest BCUT2D eigenvalue weighted by molar-refractivity contribution is 0.0538. The summed E-state index contributed by atoms with van der Waals surface area (Å²) in [6, 6.07) is 0. The van der Waals surface area contributed by atoms with E-state index in [1.807, 2.05) is 20.8 Å². The predicted molar refractivity (Wildman–Crippen MR) is 55.7 cm³/mol. The van der Waals surface area contributed by atoms with E-state index in [1.165, 1.54) is 4.57 Å². The fraction of sp³-hybridized carbons (Fsp3) is 0.400. The maximum absolute atomic E-state index is 11.6. The van der Waals surface area contributed by atoms with Crippen LogP contribution in [-0.2, 0) is 4.74 Å². The van der Waals surface area contributed by atoms with Crippen LogP contribution in [0.15, 0.2) is 18.6 Å². The van der Waals surface area contributed by atoms with Crippen molar-refractivity contribution in [2.75, 3.05) is 0 Å². The van der Waals surface area contributed by atoms with Crippen molar-refractivity contribution in [2.24, 2.45) is 0 Å². The van der Waals surface area contributed by atoms with Gasteiger partial charge in [0.2, 0.25) is 0 Å². The van der Waals surface area contributed by atoms with Crippen LogP contribution in [0.4, 0.5) is 4.79 Å². The van der Waals surface area contributed by atoms with E-state index in [4.69, 9.17) is 4.74 Å². The van der Waals surface area contributed by atoms with Gasteiger partial charge in [0, 0.05) is 17.8 Å². The van der Waals surface area contributed by atoms with E-state index in [0.717, 1.165) is 10.9 Å². The van der Waals surface area contributed by atoms with Crippen molar-refractivity contribution in [3.63, 3.8) is 0 Å². The lowest BCUT2D eigenvalue weighted by atomic mass is 10.2. The average Bonchev–Trinajstić information content (AvgIpc) is 2.56. The van der Waals surface area contributed by atoms with Gasteiger partial charge in [0.15, 0.2) is 0 Å². The zero-order chi connectivity index (χ0) is 11.1. The Kier molecular flexibility index (Phi) is 2.03. The molecule has 2 aromatic rings. The molecule has 0 radical (unpaired) electrons. The Morgan fingerprint density at radius 1 is 1.47 bits per heavy atom. The zero-order valence-corrected chi connectivity index (χ0v) is 8.94. The molecule has 5 heteroatoms. The molecular formula is C10H13N3O2. The number of fused-ring (bicyclic) bond motifs is 1. The molecule has 0 fully saturated rings. The van der Waals surface area contributed by atoms with Crippen molar-refractivity contribution >= 4 is 17.0 Å². The number of carbonyl (C=O) groups excluding carboxylic acids is 1. The summed E-state index contributed by atoms with van der Waals surface area (Å²) in [4.78, 5) is 11.6. The van der Waals surface area contributed by atoms with E-state index in [1.54, 1.807) is 18.6 Å². The molecule has 0 aliphatic rings. The highest BCUT2D eigenvalue weighted by Gasteiger charge is 2.17. The Morgan fingerprint density at radius 2 is 2.20 bits per heavy atom. The maximum Gasteiger partial charge on any atom is 0.418 e. The van der Waals surface area contributed by atoms with Crippen molar-refractivity contribution in [2.45, 2.75) is 26.4 Å². The molecule has 0 atom stereocenters. The van der Waals surface area contributed by atoms with Crippen molar-refractivity contribution in [3.8, 4) is 0 Å². The average molecular weight is 207 g/mol. The molecule has 80 valence electrons. The smallest absolute Gasteiger partial charge is 0.418 e. The summed E-state index contributed by atoms with van der Waals surface area (Å²) in [5.41, 5.74) is 0.341. The third-order valence-electron chi connectivity index (χ3n) is 1.85. The maximum atomic E-state index is 11.6. The molecule has 0 spiro atoms. The number of nitrogens with zero attached hydrogens (tertiary/aromatic N) is 2. The molecule has 0 unspecified atom stereocenters. The molecule has 0 aromatic carbocycles. The predicted octanol–water partition coefficient (Wildman–Crippen LogP) is 2.15. The highest BCUT2D eigenvalue weighted by Crippen LogP contribution is 2.14. The second-order valence-corrected chi connectivity index (χ2v) is 4.38. The van der Waals surface area contributed by atoms with E-state index in [-0.39, 0.29) is 6.09 Å². The molecule has 15 heavy (non-hydrogen) atoms. The third kappa shape index (κ3) is 2.01. The molecule has 0 saturated heterocycles. The highest BCUT2D eigenvalue weighted by molar-refractivity contribution is 5.83. The quantitative estimate of drug-likeness (QED) is 0.720. The van der Waals surface area contributed by atoms with Crippen LogP contribution in [-0.4, -0.2) is 26.5 Å². The number of aromatic amines is 1. The number of H-pyrrole nitrogens is 1. The van der Waals surface area contributed by atoms with Gasteiger partial charge in [0.05, 0.1) is 11.7 Å². The first kappa shape index (κ1) is 9.76. The first-order valence-electron chi connectivity index (χ1n) is 4.70. The number of nitrogens with one attached hydrogen (secondary N) is 1. The van der Waals surface area contributed by atoms with Crippen molar-refractivity contribution in [1.29, 1.82) is 0 Å². The van der Waals surface area contributed by atoms with Gasteiger partial charge in [-0.1, -0.05) is 0 Å². The van der Waals surface area contributed by atoms with Crippen LogP contribution in [0.2, 0.25) is 0 Å². The largest absolute Gasteiger partial charge is 0.443 e. The van der Waals surface area contributed by atoms with Crippen molar-refractivity contribution in [3.05, 3.63) is 18.6 Å². The molecule has 1 N–H and O–H groups in total. The van der Waals surface area contributed by atoms with E-state index < -0.39 is 5.60 Å². The van der Waals surface area contributed by atoms with E-state index in [0.29, 0.717) is 0 Å². The molecule has 2 aromatic heterocycles. The van der Waals surface area contributed by atoms with E-state index >= 15 is 0 Å². The van der Waals surface area contributed by atoms with Crippen LogP contribution in [0.5, 0.6) is 0 Å². The topological polar surface area (TPSA) is 59.9 Å². The van der Waals surface area contributed by atoms with Crippen LogP contribution in [0.1, 0.15) is 20.8 Å². The molecule has 0 aliphatic carbocycles. The Bertz CT molecular complexity index is 461. The summed E-state index contributed by atoms with van der Waals surface area (Å²) < 4.78 is 6.62. The lowest BCUT2D eigenvalue weighted by Gasteiger charge is -2.19. The fourth-order valence-electron chi connectivity index (χ4n) is 1.26. The summed E-state index contributed by atoms with van der Waals surface area (Å²) in [5, 5.41) is 7.51. The molecule has 0 aliphatic heterocycles. The van der Waals surface area contributed by atoms with Crippen molar-refractivity contribution < 1.29 is 9.53 Å². The standard InChI is InChI=1S/C10H13N3O2/c1-10(2,3)15-9(14)13-5-7-4-11-12-8(7)6-13/h4-6,12H,1-3H3. The Balaban J connectivity index is 2.24. The number of hydrogen-bond donors (Lipinski definition) is 1. The van der Waals surface area contributed by atoms with Crippen LogP contribution in [0.3, 0.4) is 0 Å². The minimum Gasteiger partial charge on any atom is -0.443 e. The zero-order valence-electron chi connectivity index (χ0n) is 8.94. The SMILES string of the molecule is CC(C)(C)OC(=O)n1cc2cn[nH]c2c1. The Labute approximate surface area is 87.0 Å². The van der Waals surface area contributed by atoms with Gasteiger partial charge in [0.25, 0.3) is 0 Å². The third-order valence-corrected chi connectivity index (χ3v) is 1.85. The van der Waals surface area contributed by atoms with Gasteiger partial charge in [-0.05, 0) is 20.8 Å². The number of hydrogen-bond acceptors (Lipinski definition) is 3. The molecule has 0 amide bonds. The summed E-state index contributed by atoms with van der Waals surface area (Å²) >= 11 is 0. The minimum absolute atomic E-state index is 0.382. The van der Waals surface area contributed by atoms with Gasteiger partial charge in [-0.15, -0.1) is 0 Å². The highest BCUT2D eigenvalue weighted by atomic mass is 16.6. The molecule has 5 nitrogen and oxygen atoms in total. The number of aromatic nitrogens is 3. The van der Waals surface area contributed by atoms with Crippen LogP contribution in [0.25, 0.3) is 10.9 Å². The lowest BCUT2D eigenvalue weighted by Crippen LogP contribution is -2.26. The van der Waals surface area contributed by atoms with Crippen molar-refractivity contribution in [1.82, 2.24) is 14.8 Å². The van der Waals surface area contributed by atoms with Crippen LogP contribution >= 0.6 is 0 Å². The Hall–Kier alpha value is -1.78. The molecule has 2 rings (SSSR count). The van der Waals surface area contributed by atoms with Gasteiger partial charge in [-0.3, -0.25) is 9.67 Å².